The fourth-order valence-electron chi connectivity index (χ4n) is 5.82. The van der Waals surface area contributed by atoms with E-state index in [-0.39, 0.29) is 48.2 Å². The minimum atomic E-state index is -4.50. The van der Waals surface area contributed by atoms with Crippen molar-refractivity contribution < 1.29 is 37.3 Å². The number of carbonyl (C=O) groups is 2. The van der Waals surface area contributed by atoms with E-state index >= 15 is 0 Å². The molecule has 9 nitrogen and oxygen atoms in total. The van der Waals surface area contributed by atoms with Gasteiger partial charge in [0.25, 0.3) is 5.91 Å². The van der Waals surface area contributed by atoms with Gasteiger partial charge in [-0.15, -0.1) is 0 Å². The summed E-state index contributed by atoms with van der Waals surface area (Å²) < 4.78 is 51.6. The highest BCUT2D eigenvalue weighted by atomic mass is 35.5. The molecule has 0 spiro atoms. The van der Waals surface area contributed by atoms with E-state index in [9.17, 15) is 27.9 Å². The summed E-state index contributed by atoms with van der Waals surface area (Å²) in [7, 11) is 1.99. The average Bonchev–Trinajstić information content (AvgIpc) is 3.07. The molecule has 3 N–H and O–H groups in total. The van der Waals surface area contributed by atoms with E-state index in [1.807, 2.05) is 33.0 Å². The van der Waals surface area contributed by atoms with Gasteiger partial charge in [0, 0.05) is 43.5 Å². The maximum atomic E-state index is 14.4. The molecule has 51 heavy (non-hydrogen) atoms. The zero-order valence-electron chi connectivity index (χ0n) is 29.1. The minimum Gasteiger partial charge on any atom is -0.490 e. The molecule has 14 heteroatoms. The third-order valence-electron chi connectivity index (χ3n) is 8.71. The van der Waals surface area contributed by atoms with Gasteiger partial charge < -0.3 is 30.1 Å². The average molecular weight is 754 g/mol. The lowest BCUT2D eigenvalue weighted by Gasteiger charge is -2.36. The van der Waals surface area contributed by atoms with Crippen LogP contribution in [0.1, 0.15) is 61.5 Å². The number of carbonyl (C=O) groups excluding carboxylic acids is 2. The second-order valence-electron chi connectivity index (χ2n) is 13.1. The van der Waals surface area contributed by atoms with E-state index in [4.69, 9.17) is 32.7 Å². The SMILES string of the molecule is C[C@@H]1CN([C@@H](C)CO)C(=O)c2cc(NC(=O)Nc3ccc(C(F)(F)F)cc3)ccc2O[C@@H](C)CCCCO[C@H]1CN(C)Cc1ccc(Cl)c(Cl)c1. The van der Waals surface area contributed by atoms with E-state index < -0.39 is 29.7 Å². The molecule has 1 aliphatic heterocycles. The van der Waals surface area contributed by atoms with Gasteiger partial charge >= 0.3 is 12.2 Å². The Kier molecular flexibility index (Phi) is 14.4. The number of hydrogen-bond acceptors (Lipinski definition) is 6. The van der Waals surface area contributed by atoms with Crippen molar-refractivity contribution >= 4 is 46.5 Å². The van der Waals surface area contributed by atoms with Gasteiger partial charge in [0.2, 0.25) is 0 Å². The number of nitrogens with one attached hydrogen (secondary N) is 2. The van der Waals surface area contributed by atoms with Crippen molar-refractivity contribution in [1.82, 2.24) is 9.80 Å². The van der Waals surface area contributed by atoms with Crippen molar-refractivity contribution in [3.63, 3.8) is 0 Å². The van der Waals surface area contributed by atoms with Gasteiger partial charge in [-0.3, -0.25) is 9.69 Å². The highest BCUT2D eigenvalue weighted by Gasteiger charge is 2.31. The number of nitrogens with zero attached hydrogens (tertiary/aromatic N) is 2. The molecule has 0 bridgehead atoms. The summed E-state index contributed by atoms with van der Waals surface area (Å²) in [6.45, 7) is 7.35. The first kappa shape index (κ1) is 40.2. The number of rotatable bonds is 8. The van der Waals surface area contributed by atoms with Crippen LogP contribution in [0, 0.1) is 5.92 Å². The molecule has 0 radical (unpaired) electrons. The monoisotopic (exact) mass is 752 g/mol. The number of fused-ring (bicyclic) bond motifs is 1. The molecule has 0 aliphatic carbocycles. The lowest BCUT2D eigenvalue weighted by molar-refractivity contribution is -0.137. The third-order valence-corrected chi connectivity index (χ3v) is 9.45. The molecule has 3 aromatic carbocycles. The van der Waals surface area contributed by atoms with Crippen LogP contribution >= 0.6 is 23.2 Å². The number of aliphatic hydroxyl groups excluding tert-OH is 1. The normalized spacial score (nSPS) is 19.9. The van der Waals surface area contributed by atoms with Crippen LogP contribution in [-0.4, -0.2) is 78.4 Å². The summed E-state index contributed by atoms with van der Waals surface area (Å²) in [5, 5.41) is 16.4. The molecule has 3 amide bonds. The first-order chi connectivity index (χ1) is 24.1. The van der Waals surface area contributed by atoms with Crippen LogP contribution in [0.3, 0.4) is 0 Å². The first-order valence-electron chi connectivity index (χ1n) is 16.9. The summed E-state index contributed by atoms with van der Waals surface area (Å²) in [6.07, 6.45) is -2.64. The summed E-state index contributed by atoms with van der Waals surface area (Å²) >= 11 is 12.4. The molecule has 1 aliphatic rings. The predicted octanol–water partition coefficient (Wildman–Crippen LogP) is 8.58. The zero-order chi connectivity index (χ0) is 37.3. The molecule has 0 unspecified atom stereocenters. The van der Waals surface area contributed by atoms with Crippen LogP contribution in [-0.2, 0) is 17.5 Å². The summed E-state index contributed by atoms with van der Waals surface area (Å²) in [4.78, 5) is 30.9. The number of anilines is 2. The van der Waals surface area contributed by atoms with Crippen molar-refractivity contribution in [2.24, 2.45) is 5.92 Å². The van der Waals surface area contributed by atoms with E-state index in [0.29, 0.717) is 41.9 Å². The molecule has 0 aromatic heterocycles. The number of halogens is 5. The van der Waals surface area contributed by atoms with Crippen molar-refractivity contribution in [2.75, 3.05) is 44.0 Å². The van der Waals surface area contributed by atoms with Crippen LogP contribution in [0.15, 0.2) is 60.7 Å². The number of ether oxygens (including phenoxy) is 2. The fourth-order valence-corrected chi connectivity index (χ4v) is 6.14. The molecular weight excluding hydrogens is 708 g/mol. The molecule has 1 heterocycles. The smallest absolute Gasteiger partial charge is 0.416 e. The lowest BCUT2D eigenvalue weighted by Crippen LogP contribution is -2.47. The van der Waals surface area contributed by atoms with Crippen molar-refractivity contribution in [1.29, 1.82) is 0 Å². The standard InChI is InChI=1S/C37H45Cl2F3N4O5/c1-23-19-46(24(2)22-47)35(48)30-18-29(44-36(49)43-28-11-9-27(10-12-28)37(40,41)42)13-15-33(30)51-25(3)7-5-6-16-50-34(23)21-45(4)20-26-8-14-31(38)32(39)17-26/h8-15,17-18,23-25,34,47H,5-7,16,19-22H2,1-4H3,(H2,43,44,49)/t23-,24+,25+,34+/m1/s1. The Bertz CT molecular complexity index is 1630. The second-order valence-corrected chi connectivity index (χ2v) is 13.9. The van der Waals surface area contributed by atoms with Crippen LogP contribution in [0.4, 0.5) is 29.3 Å². The number of hydrogen-bond donors (Lipinski definition) is 3. The Balaban J connectivity index is 1.57. The Morgan fingerprint density at radius 3 is 2.37 bits per heavy atom. The van der Waals surface area contributed by atoms with Crippen LogP contribution in [0.25, 0.3) is 0 Å². The number of alkyl halides is 3. The molecular formula is C37H45Cl2F3N4O5. The maximum absolute atomic E-state index is 14.4. The maximum Gasteiger partial charge on any atom is 0.416 e. The Morgan fingerprint density at radius 2 is 1.71 bits per heavy atom. The van der Waals surface area contributed by atoms with E-state index in [1.54, 1.807) is 30.0 Å². The topological polar surface area (TPSA) is 103 Å². The molecule has 278 valence electrons. The van der Waals surface area contributed by atoms with Crippen LogP contribution in [0.2, 0.25) is 10.0 Å². The molecule has 0 saturated carbocycles. The van der Waals surface area contributed by atoms with Gasteiger partial charge in [-0.2, -0.15) is 13.2 Å². The second kappa shape index (κ2) is 18.3. The highest BCUT2D eigenvalue weighted by molar-refractivity contribution is 6.42. The number of benzene rings is 3. The summed E-state index contributed by atoms with van der Waals surface area (Å²) in [6, 6.07) is 13.0. The lowest BCUT2D eigenvalue weighted by atomic mass is 10.0. The highest BCUT2D eigenvalue weighted by Crippen LogP contribution is 2.31. The first-order valence-corrected chi connectivity index (χ1v) is 17.6. The van der Waals surface area contributed by atoms with Gasteiger partial charge in [0.15, 0.2) is 0 Å². The zero-order valence-corrected chi connectivity index (χ0v) is 30.6. The number of likely N-dealkylation sites (N-methyl/N-ethyl adjacent to an activating group) is 1. The van der Waals surface area contributed by atoms with Gasteiger partial charge in [-0.05, 0) is 100 Å². The van der Waals surface area contributed by atoms with Crippen LogP contribution in [0.5, 0.6) is 5.75 Å². The van der Waals surface area contributed by atoms with Gasteiger partial charge in [0.1, 0.15) is 5.75 Å². The number of urea groups is 1. The molecule has 4 rings (SSSR count). The van der Waals surface area contributed by atoms with Gasteiger partial charge in [-0.25, -0.2) is 4.79 Å². The summed E-state index contributed by atoms with van der Waals surface area (Å²) in [5.41, 5.74) is 0.765. The number of aliphatic hydroxyl groups is 1. The predicted molar refractivity (Wildman–Crippen MR) is 194 cm³/mol. The molecule has 0 fully saturated rings. The largest absolute Gasteiger partial charge is 0.490 e. The van der Waals surface area contributed by atoms with Crippen molar-refractivity contribution in [2.45, 2.75) is 71.0 Å². The molecule has 4 atom stereocenters. The molecule has 3 aromatic rings. The van der Waals surface area contributed by atoms with Gasteiger partial charge in [0.05, 0.1) is 46.0 Å². The summed E-state index contributed by atoms with van der Waals surface area (Å²) in [5.74, 6) is -0.228. The van der Waals surface area contributed by atoms with E-state index in [1.165, 1.54) is 6.07 Å². The van der Waals surface area contributed by atoms with E-state index in [0.717, 1.165) is 42.7 Å². The Labute approximate surface area is 307 Å². The Morgan fingerprint density at radius 1 is 1.02 bits per heavy atom. The van der Waals surface area contributed by atoms with Crippen molar-refractivity contribution in [3.05, 3.63) is 87.4 Å². The minimum absolute atomic E-state index is 0.152. The van der Waals surface area contributed by atoms with E-state index in [2.05, 4.69) is 15.5 Å². The van der Waals surface area contributed by atoms with Gasteiger partial charge in [-0.1, -0.05) is 36.2 Å². The van der Waals surface area contributed by atoms with Crippen LogP contribution < -0.4 is 15.4 Å². The van der Waals surface area contributed by atoms with Crippen molar-refractivity contribution in [3.8, 4) is 5.75 Å². The Hall–Kier alpha value is -3.55. The fraction of sp³-hybridized carbons (Fsp3) is 0.459. The third kappa shape index (κ3) is 11.7. The quantitative estimate of drug-likeness (QED) is 0.213. The molecule has 0 saturated heterocycles. The number of amides is 3.